The topological polar surface area (TPSA) is 54.4 Å². The number of rotatable bonds is 3. The molecule has 0 aliphatic carbocycles. The van der Waals surface area contributed by atoms with Crippen molar-refractivity contribution in [3.05, 3.63) is 21.4 Å². The number of aromatic carboxylic acids is 1. The maximum absolute atomic E-state index is 10.9. The van der Waals surface area contributed by atoms with Gasteiger partial charge in [-0.1, -0.05) is 20.8 Å². The lowest BCUT2D eigenvalue weighted by atomic mass is 9.88. The summed E-state index contributed by atoms with van der Waals surface area (Å²) in [7, 11) is 0. The van der Waals surface area contributed by atoms with Crippen LogP contribution in [0.5, 0.6) is 0 Å². The lowest BCUT2D eigenvalue weighted by molar-refractivity contribution is 0.0700. The predicted molar refractivity (Wildman–Crippen MR) is 59.8 cm³/mol. The van der Waals surface area contributed by atoms with Crippen LogP contribution in [0.15, 0.2) is 6.07 Å². The number of aldehydes is 1. The van der Waals surface area contributed by atoms with E-state index in [4.69, 9.17) is 5.11 Å². The molecule has 0 aromatic carbocycles. The van der Waals surface area contributed by atoms with Gasteiger partial charge in [-0.3, -0.25) is 4.79 Å². The van der Waals surface area contributed by atoms with Crippen LogP contribution in [0.4, 0.5) is 0 Å². The molecule has 0 aliphatic heterocycles. The first-order valence-corrected chi connectivity index (χ1v) is 5.46. The fraction of sp³-hybridized carbons (Fsp3) is 0.455. The van der Waals surface area contributed by atoms with Gasteiger partial charge in [0.05, 0.1) is 4.88 Å². The zero-order chi connectivity index (χ0) is 11.6. The van der Waals surface area contributed by atoms with Crippen LogP contribution in [0.25, 0.3) is 0 Å². The van der Waals surface area contributed by atoms with Crippen molar-refractivity contribution in [2.45, 2.75) is 27.2 Å². The quantitative estimate of drug-likeness (QED) is 0.806. The molecule has 1 aromatic heterocycles. The van der Waals surface area contributed by atoms with Crippen molar-refractivity contribution in [2.24, 2.45) is 5.41 Å². The molecule has 82 valence electrons. The zero-order valence-electron chi connectivity index (χ0n) is 9.03. The molecule has 1 heterocycles. The Morgan fingerprint density at radius 3 is 2.53 bits per heavy atom. The van der Waals surface area contributed by atoms with Crippen molar-refractivity contribution in [1.82, 2.24) is 0 Å². The summed E-state index contributed by atoms with van der Waals surface area (Å²) in [5, 5.41) is 8.97. The van der Waals surface area contributed by atoms with Gasteiger partial charge in [0.25, 0.3) is 0 Å². The number of carboxylic acid groups (broad SMARTS) is 1. The molecule has 0 unspecified atom stereocenters. The smallest absolute Gasteiger partial charge is 0.346 e. The number of hydrogen-bond acceptors (Lipinski definition) is 3. The molecule has 4 heteroatoms. The first-order valence-electron chi connectivity index (χ1n) is 4.64. The predicted octanol–water partition coefficient (Wildman–Crippen LogP) is 2.85. The third-order valence-corrected chi connectivity index (χ3v) is 2.95. The average molecular weight is 226 g/mol. The standard InChI is InChI=1S/C11H14O3S/c1-11(2,3)5-7-4-8(6-12)15-9(7)10(13)14/h4,6H,5H2,1-3H3,(H,13,14). The molecule has 1 aromatic rings. The van der Waals surface area contributed by atoms with Crippen LogP contribution >= 0.6 is 11.3 Å². The fourth-order valence-electron chi connectivity index (χ4n) is 1.39. The van der Waals surface area contributed by atoms with Crippen LogP contribution in [0, 0.1) is 5.41 Å². The Bertz CT molecular complexity index is 385. The minimum atomic E-state index is -0.952. The third-order valence-electron chi connectivity index (χ3n) is 1.86. The Kier molecular flexibility index (Phi) is 3.29. The first-order chi connectivity index (χ1) is 6.83. The van der Waals surface area contributed by atoms with Crippen LogP contribution in [-0.4, -0.2) is 17.4 Å². The second-order valence-corrected chi connectivity index (χ2v) is 5.75. The van der Waals surface area contributed by atoms with E-state index in [0.717, 1.165) is 16.9 Å². The van der Waals surface area contributed by atoms with E-state index in [1.54, 1.807) is 6.07 Å². The number of thiophene rings is 1. The Labute approximate surface area is 92.7 Å². The van der Waals surface area contributed by atoms with Gasteiger partial charge in [-0.05, 0) is 23.5 Å². The third kappa shape index (κ3) is 3.16. The van der Waals surface area contributed by atoms with Crippen molar-refractivity contribution < 1.29 is 14.7 Å². The number of carbonyl (C=O) groups excluding carboxylic acids is 1. The maximum Gasteiger partial charge on any atom is 0.346 e. The molecule has 1 rings (SSSR count). The molecule has 0 atom stereocenters. The Hall–Kier alpha value is -1.16. The van der Waals surface area contributed by atoms with E-state index in [0.29, 0.717) is 17.6 Å². The molecular formula is C11H14O3S. The normalized spacial score (nSPS) is 11.4. The first kappa shape index (κ1) is 11.9. The van der Waals surface area contributed by atoms with Gasteiger partial charge in [-0.2, -0.15) is 0 Å². The minimum absolute atomic E-state index is 0.0193. The molecule has 0 saturated heterocycles. The van der Waals surface area contributed by atoms with Gasteiger partial charge >= 0.3 is 5.97 Å². The summed E-state index contributed by atoms with van der Waals surface area (Å²) in [6.45, 7) is 6.12. The Balaban J connectivity index is 3.09. The Morgan fingerprint density at radius 2 is 2.13 bits per heavy atom. The van der Waals surface area contributed by atoms with Gasteiger partial charge in [0.1, 0.15) is 4.88 Å². The molecule has 3 nitrogen and oxygen atoms in total. The summed E-state index contributed by atoms with van der Waals surface area (Å²) < 4.78 is 0. The van der Waals surface area contributed by atoms with Gasteiger partial charge in [-0.25, -0.2) is 4.79 Å². The summed E-state index contributed by atoms with van der Waals surface area (Å²) in [6.07, 6.45) is 1.36. The molecule has 0 radical (unpaired) electrons. The second-order valence-electron chi connectivity index (χ2n) is 4.66. The van der Waals surface area contributed by atoms with Gasteiger partial charge in [0.2, 0.25) is 0 Å². The number of hydrogen-bond donors (Lipinski definition) is 1. The highest BCUT2D eigenvalue weighted by atomic mass is 32.1. The van der Waals surface area contributed by atoms with Gasteiger partial charge in [-0.15, -0.1) is 11.3 Å². The molecule has 15 heavy (non-hydrogen) atoms. The van der Waals surface area contributed by atoms with Crippen molar-refractivity contribution in [2.75, 3.05) is 0 Å². The van der Waals surface area contributed by atoms with Crippen molar-refractivity contribution >= 4 is 23.6 Å². The molecule has 0 amide bonds. The SMILES string of the molecule is CC(C)(C)Cc1cc(C=O)sc1C(=O)O. The molecule has 1 N–H and O–H groups in total. The van der Waals surface area contributed by atoms with Crippen LogP contribution in [0.3, 0.4) is 0 Å². The summed E-state index contributed by atoms with van der Waals surface area (Å²) in [5.74, 6) is -0.952. The van der Waals surface area contributed by atoms with E-state index < -0.39 is 5.97 Å². The van der Waals surface area contributed by atoms with Crippen molar-refractivity contribution in [3.8, 4) is 0 Å². The van der Waals surface area contributed by atoms with Gasteiger partial charge in [0.15, 0.2) is 6.29 Å². The molecule has 0 fully saturated rings. The second kappa shape index (κ2) is 4.14. The molecule has 0 saturated carbocycles. The van der Waals surface area contributed by atoms with E-state index in [9.17, 15) is 9.59 Å². The lowest BCUT2D eigenvalue weighted by Crippen LogP contribution is -2.11. The van der Waals surface area contributed by atoms with Crippen molar-refractivity contribution in [1.29, 1.82) is 0 Å². The van der Waals surface area contributed by atoms with Crippen LogP contribution in [0.1, 0.15) is 45.7 Å². The van der Waals surface area contributed by atoms with E-state index in [-0.39, 0.29) is 10.3 Å². The van der Waals surface area contributed by atoms with Gasteiger partial charge in [0, 0.05) is 0 Å². The Morgan fingerprint density at radius 1 is 1.53 bits per heavy atom. The van der Waals surface area contributed by atoms with Crippen molar-refractivity contribution in [3.63, 3.8) is 0 Å². The largest absolute Gasteiger partial charge is 0.477 e. The van der Waals surface area contributed by atoms with E-state index in [1.165, 1.54) is 0 Å². The van der Waals surface area contributed by atoms with E-state index >= 15 is 0 Å². The summed E-state index contributed by atoms with van der Waals surface area (Å²) in [4.78, 5) is 22.3. The molecule has 0 bridgehead atoms. The highest BCUT2D eigenvalue weighted by molar-refractivity contribution is 7.15. The fourth-order valence-corrected chi connectivity index (χ4v) is 2.23. The minimum Gasteiger partial charge on any atom is -0.477 e. The van der Waals surface area contributed by atoms with Crippen LogP contribution in [0.2, 0.25) is 0 Å². The molecular weight excluding hydrogens is 212 g/mol. The van der Waals surface area contributed by atoms with Gasteiger partial charge < -0.3 is 5.11 Å². The molecule has 0 spiro atoms. The maximum atomic E-state index is 10.9. The lowest BCUT2D eigenvalue weighted by Gasteiger charge is -2.17. The van der Waals surface area contributed by atoms with Crippen LogP contribution < -0.4 is 0 Å². The average Bonchev–Trinajstić information content (AvgIpc) is 2.44. The molecule has 0 aliphatic rings. The summed E-state index contributed by atoms with van der Waals surface area (Å²) in [5.41, 5.74) is 0.771. The number of carbonyl (C=O) groups is 2. The monoisotopic (exact) mass is 226 g/mol. The van der Waals surface area contributed by atoms with Crippen LogP contribution in [-0.2, 0) is 6.42 Å². The van der Waals surface area contributed by atoms with E-state index in [2.05, 4.69) is 0 Å². The van der Waals surface area contributed by atoms with E-state index in [1.807, 2.05) is 20.8 Å². The highest BCUT2D eigenvalue weighted by Crippen LogP contribution is 2.28. The summed E-state index contributed by atoms with van der Waals surface area (Å²) >= 11 is 1.04. The number of carboxylic acids is 1. The zero-order valence-corrected chi connectivity index (χ0v) is 9.85. The highest BCUT2D eigenvalue weighted by Gasteiger charge is 2.20. The summed E-state index contributed by atoms with van der Waals surface area (Å²) in [6, 6.07) is 1.67.